The van der Waals surface area contributed by atoms with Gasteiger partial charge in [0.05, 0.1) is 23.2 Å². The largest absolute Gasteiger partial charge is 0.490 e. The van der Waals surface area contributed by atoms with Gasteiger partial charge in [-0.15, -0.1) is 0 Å². The molecular formula is C24H18BrClN2O4. The predicted molar refractivity (Wildman–Crippen MR) is 128 cm³/mol. The Labute approximate surface area is 198 Å². The van der Waals surface area contributed by atoms with Crippen LogP contribution in [-0.4, -0.2) is 11.5 Å². The Morgan fingerprint density at radius 2 is 1.88 bits per heavy atom. The second-order valence-electron chi connectivity index (χ2n) is 6.65. The Morgan fingerprint density at radius 3 is 2.53 bits per heavy atom. The van der Waals surface area contributed by atoms with Crippen LogP contribution in [-0.2, 0) is 6.61 Å². The maximum absolute atomic E-state index is 11.1. The molecule has 0 N–H and O–H groups in total. The smallest absolute Gasteiger partial charge is 0.270 e. The number of hydrogen-bond donors (Lipinski definition) is 0. The summed E-state index contributed by atoms with van der Waals surface area (Å²) in [5.74, 6) is 1.06. The average Bonchev–Trinajstić information content (AvgIpc) is 2.79. The van der Waals surface area contributed by atoms with Gasteiger partial charge in [-0.1, -0.05) is 51.8 Å². The maximum atomic E-state index is 11.1. The first-order valence-corrected chi connectivity index (χ1v) is 10.8. The summed E-state index contributed by atoms with van der Waals surface area (Å²) in [5, 5.41) is 21.4. The summed E-state index contributed by atoms with van der Waals surface area (Å²) in [4.78, 5) is 10.6. The number of nitriles is 1. The zero-order valence-electron chi connectivity index (χ0n) is 17.0. The van der Waals surface area contributed by atoms with Gasteiger partial charge < -0.3 is 9.47 Å². The summed E-state index contributed by atoms with van der Waals surface area (Å²) in [7, 11) is 0. The highest BCUT2D eigenvalue weighted by Gasteiger charge is 2.13. The van der Waals surface area contributed by atoms with Crippen molar-refractivity contribution >= 4 is 44.9 Å². The van der Waals surface area contributed by atoms with Gasteiger partial charge in [0.25, 0.3) is 5.69 Å². The van der Waals surface area contributed by atoms with Gasteiger partial charge in [0.1, 0.15) is 6.61 Å². The third-order valence-electron chi connectivity index (χ3n) is 4.46. The van der Waals surface area contributed by atoms with Crippen molar-refractivity contribution in [1.29, 1.82) is 5.26 Å². The van der Waals surface area contributed by atoms with Crippen LogP contribution in [0.3, 0.4) is 0 Å². The molecule has 0 radical (unpaired) electrons. The quantitative estimate of drug-likeness (QED) is 0.139. The van der Waals surface area contributed by atoms with E-state index in [1.807, 2.05) is 19.1 Å². The fourth-order valence-electron chi connectivity index (χ4n) is 2.91. The van der Waals surface area contributed by atoms with E-state index in [1.165, 1.54) is 12.1 Å². The molecule has 0 fully saturated rings. The minimum atomic E-state index is -0.492. The molecule has 0 aromatic heterocycles. The molecule has 3 aromatic rings. The molecule has 8 heteroatoms. The Bertz CT molecular complexity index is 1200. The van der Waals surface area contributed by atoms with E-state index >= 15 is 0 Å². The molecule has 0 spiro atoms. The summed E-state index contributed by atoms with van der Waals surface area (Å²) >= 11 is 9.45. The minimum absolute atomic E-state index is 0.0799. The molecular weight excluding hydrogens is 496 g/mol. The molecule has 0 aliphatic carbocycles. The first kappa shape index (κ1) is 23.3. The molecule has 3 rings (SSSR count). The lowest BCUT2D eigenvalue weighted by molar-refractivity contribution is -0.384. The topological polar surface area (TPSA) is 85.4 Å². The van der Waals surface area contributed by atoms with Crippen molar-refractivity contribution in [2.75, 3.05) is 6.61 Å². The van der Waals surface area contributed by atoms with Gasteiger partial charge >= 0.3 is 0 Å². The number of allylic oxidation sites excluding steroid dienone is 1. The van der Waals surface area contributed by atoms with E-state index in [0.717, 1.165) is 5.56 Å². The van der Waals surface area contributed by atoms with Gasteiger partial charge in [0.2, 0.25) is 0 Å². The molecule has 0 aliphatic heterocycles. The average molecular weight is 514 g/mol. The van der Waals surface area contributed by atoms with Crippen molar-refractivity contribution in [2.45, 2.75) is 13.5 Å². The second kappa shape index (κ2) is 10.8. The zero-order valence-corrected chi connectivity index (χ0v) is 19.4. The fourth-order valence-corrected chi connectivity index (χ4v) is 3.47. The molecule has 0 saturated carbocycles. The second-order valence-corrected chi connectivity index (χ2v) is 7.94. The van der Waals surface area contributed by atoms with Crippen LogP contribution in [0.2, 0.25) is 5.02 Å². The number of non-ortho nitro benzene ring substituents is 1. The molecule has 162 valence electrons. The number of halogens is 2. The third kappa shape index (κ3) is 5.88. The van der Waals surface area contributed by atoms with Crippen LogP contribution in [0.1, 0.15) is 23.6 Å². The normalized spacial score (nSPS) is 11.0. The first-order chi connectivity index (χ1) is 15.4. The Hall–Kier alpha value is -3.34. The molecule has 0 unspecified atom stereocenters. The van der Waals surface area contributed by atoms with Gasteiger partial charge in [0.15, 0.2) is 11.5 Å². The van der Waals surface area contributed by atoms with Crippen molar-refractivity contribution in [3.8, 4) is 17.6 Å². The van der Waals surface area contributed by atoms with Crippen LogP contribution in [0.15, 0.2) is 65.1 Å². The molecule has 0 amide bonds. The van der Waals surface area contributed by atoms with E-state index in [2.05, 4.69) is 22.0 Å². The number of nitrogens with zero attached hydrogens (tertiary/aromatic N) is 2. The third-order valence-corrected chi connectivity index (χ3v) is 5.40. The number of nitro groups is 1. The maximum Gasteiger partial charge on any atom is 0.270 e. The van der Waals surface area contributed by atoms with E-state index < -0.39 is 4.92 Å². The lowest BCUT2D eigenvalue weighted by Crippen LogP contribution is -2.00. The summed E-state index contributed by atoms with van der Waals surface area (Å²) < 4.78 is 12.4. The van der Waals surface area contributed by atoms with Crippen molar-refractivity contribution in [1.82, 2.24) is 0 Å². The van der Waals surface area contributed by atoms with Gasteiger partial charge in [-0.2, -0.15) is 5.26 Å². The summed E-state index contributed by atoms with van der Waals surface area (Å²) in [6.45, 7) is 2.62. The van der Waals surface area contributed by atoms with Gasteiger partial charge in [0, 0.05) is 21.6 Å². The van der Waals surface area contributed by atoms with Crippen molar-refractivity contribution in [3.63, 3.8) is 0 Å². The van der Waals surface area contributed by atoms with E-state index in [-0.39, 0.29) is 11.3 Å². The molecule has 3 aromatic carbocycles. The van der Waals surface area contributed by atoms with E-state index in [1.54, 1.807) is 42.5 Å². The Morgan fingerprint density at radius 1 is 1.16 bits per heavy atom. The summed E-state index contributed by atoms with van der Waals surface area (Å²) in [5.41, 5.74) is 2.29. The lowest BCUT2D eigenvalue weighted by Gasteiger charge is -2.14. The first-order valence-electron chi connectivity index (χ1n) is 9.61. The van der Waals surface area contributed by atoms with Crippen LogP contribution < -0.4 is 9.47 Å². The lowest BCUT2D eigenvalue weighted by atomic mass is 10.0. The molecule has 6 nitrogen and oxygen atoms in total. The van der Waals surface area contributed by atoms with Crippen molar-refractivity contribution in [3.05, 3.63) is 97.0 Å². The number of benzene rings is 3. The monoisotopic (exact) mass is 512 g/mol. The highest BCUT2D eigenvalue weighted by Crippen LogP contribution is 2.36. The van der Waals surface area contributed by atoms with E-state index in [0.29, 0.717) is 45.3 Å². The molecule has 0 bridgehead atoms. The molecule has 32 heavy (non-hydrogen) atoms. The van der Waals surface area contributed by atoms with E-state index in [9.17, 15) is 15.4 Å². The number of rotatable bonds is 8. The summed E-state index contributed by atoms with van der Waals surface area (Å²) in [6.07, 6.45) is 1.65. The zero-order chi connectivity index (χ0) is 23.1. The Balaban J connectivity index is 1.93. The number of nitro benzene ring substituents is 1. The van der Waals surface area contributed by atoms with Gasteiger partial charge in [-0.25, -0.2) is 0 Å². The molecule has 0 saturated heterocycles. The number of hydrogen-bond acceptors (Lipinski definition) is 5. The molecule has 0 heterocycles. The highest BCUT2D eigenvalue weighted by molar-refractivity contribution is 9.10. The van der Waals surface area contributed by atoms with Crippen LogP contribution in [0.5, 0.6) is 11.5 Å². The highest BCUT2D eigenvalue weighted by atomic mass is 79.9. The minimum Gasteiger partial charge on any atom is -0.490 e. The predicted octanol–water partition coefficient (Wildman–Crippen LogP) is 7.05. The standard InChI is InChI=1S/C24H18BrClN2O4/c1-2-31-23-12-18(10-19(14-27)17-4-3-5-21(11-17)28(29)30)22(25)13-24(23)32-15-16-6-8-20(26)9-7-16/h3-13H,2,15H2,1H3/b19-10-. The van der Waals surface area contributed by atoms with E-state index in [4.69, 9.17) is 21.1 Å². The summed E-state index contributed by atoms with van der Waals surface area (Å²) in [6, 6.07) is 19.0. The van der Waals surface area contributed by atoms with Crippen LogP contribution >= 0.6 is 27.5 Å². The van der Waals surface area contributed by atoms with Crippen LogP contribution in [0.4, 0.5) is 5.69 Å². The number of ether oxygens (including phenoxy) is 2. The van der Waals surface area contributed by atoms with Gasteiger partial charge in [-0.05, 0) is 54.0 Å². The van der Waals surface area contributed by atoms with Crippen LogP contribution in [0.25, 0.3) is 11.6 Å². The SMILES string of the molecule is CCOc1cc(/C=C(/C#N)c2cccc([N+](=O)[O-])c2)c(Br)cc1OCc1ccc(Cl)cc1. The molecule has 0 atom stereocenters. The Kier molecular flexibility index (Phi) is 7.87. The van der Waals surface area contributed by atoms with Crippen molar-refractivity contribution in [2.24, 2.45) is 0 Å². The van der Waals surface area contributed by atoms with Crippen LogP contribution in [0, 0.1) is 21.4 Å². The fraction of sp³-hybridized carbons (Fsp3) is 0.125. The molecule has 0 aliphatic rings. The van der Waals surface area contributed by atoms with Crippen molar-refractivity contribution < 1.29 is 14.4 Å². The van der Waals surface area contributed by atoms with Gasteiger partial charge in [-0.3, -0.25) is 10.1 Å².